The van der Waals surface area contributed by atoms with Gasteiger partial charge in [0, 0.05) is 24.0 Å². The monoisotopic (exact) mass is 339 g/mol. The Labute approximate surface area is 141 Å². The first-order valence-electron chi connectivity index (χ1n) is 7.25. The van der Waals surface area contributed by atoms with Crippen LogP contribution in [0.3, 0.4) is 0 Å². The Morgan fingerprint density at radius 1 is 1.20 bits per heavy atom. The minimum atomic E-state index is -0.611. The van der Waals surface area contributed by atoms with Gasteiger partial charge in [0.1, 0.15) is 11.3 Å². The highest BCUT2D eigenvalue weighted by molar-refractivity contribution is 6.06. The zero-order chi connectivity index (χ0) is 18.0. The van der Waals surface area contributed by atoms with Crippen LogP contribution in [0.2, 0.25) is 0 Å². The van der Waals surface area contributed by atoms with Gasteiger partial charge in [0.25, 0.3) is 11.6 Å². The average Bonchev–Trinajstić information content (AvgIpc) is 2.62. The van der Waals surface area contributed by atoms with Crippen molar-refractivity contribution in [3.63, 3.8) is 0 Å². The highest BCUT2D eigenvalue weighted by Crippen LogP contribution is 2.21. The van der Waals surface area contributed by atoms with Crippen molar-refractivity contribution in [2.24, 2.45) is 0 Å². The van der Waals surface area contributed by atoms with Crippen LogP contribution in [0.5, 0.6) is 5.75 Å². The number of hydrogen-bond acceptors (Lipinski definition) is 5. The second kappa shape index (κ2) is 6.44. The maximum absolute atomic E-state index is 12.5. The van der Waals surface area contributed by atoms with Crippen molar-refractivity contribution in [1.29, 1.82) is 0 Å². The third kappa shape index (κ3) is 3.05. The smallest absolute Gasteiger partial charge is 0.269 e. The molecular formula is C17H13N3O5. The van der Waals surface area contributed by atoms with Crippen LogP contribution < -0.4 is 15.5 Å². The molecule has 25 heavy (non-hydrogen) atoms. The number of para-hydroxylation sites is 1. The van der Waals surface area contributed by atoms with Crippen LogP contribution in [0.4, 0.5) is 11.4 Å². The van der Waals surface area contributed by atoms with Crippen LogP contribution in [0, 0.1) is 10.1 Å². The molecular weight excluding hydrogens is 326 g/mol. The molecule has 0 bridgehead atoms. The number of anilines is 1. The van der Waals surface area contributed by atoms with E-state index in [0.717, 1.165) is 0 Å². The molecule has 126 valence electrons. The number of benzene rings is 2. The number of carbonyl (C=O) groups excluding carboxylic acids is 1. The lowest BCUT2D eigenvalue weighted by atomic mass is 10.1. The van der Waals surface area contributed by atoms with Crippen molar-refractivity contribution in [2.45, 2.75) is 0 Å². The van der Waals surface area contributed by atoms with Gasteiger partial charge in [-0.3, -0.25) is 19.7 Å². The third-order valence-corrected chi connectivity index (χ3v) is 3.68. The molecule has 0 saturated carbocycles. The summed E-state index contributed by atoms with van der Waals surface area (Å²) in [7, 11) is 1.49. The molecule has 8 heteroatoms. The highest BCUT2D eigenvalue weighted by atomic mass is 16.6. The van der Waals surface area contributed by atoms with E-state index in [2.05, 4.69) is 10.3 Å². The largest absolute Gasteiger partial charge is 0.495 e. The fourth-order valence-electron chi connectivity index (χ4n) is 2.43. The number of non-ortho nitro benzene ring substituents is 1. The van der Waals surface area contributed by atoms with Crippen LogP contribution in [0.15, 0.2) is 53.5 Å². The first-order chi connectivity index (χ1) is 12.0. The molecule has 0 fully saturated rings. The summed E-state index contributed by atoms with van der Waals surface area (Å²) in [6, 6.07) is 10.3. The van der Waals surface area contributed by atoms with E-state index in [1.54, 1.807) is 18.2 Å². The second-order valence-corrected chi connectivity index (χ2v) is 5.17. The molecule has 1 amide bonds. The number of ether oxygens (including phenoxy) is 1. The molecule has 0 saturated heterocycles. The van der Waals surface area contributed by atoms with Gasteiger partial charge in [0.15, 0.2) is 0 Å². The Kier molecular flexibility index (Phi) is 4.17. The topological polar surface area (TPSA) is 114 Å². The van der Waals surface area contributed by atoms with E-state index < -0.39 is 16.3 Å². The number of rotatable bonds is 4. The number of hydrogen-bond donors (Lipinski definition) is 2. The number of aromatic amines is 1. The molecule has 0 aliphatic heterocycles. The molecule has 0 atom stereocenters. The van der Waals surface area contributed by atoms with Gasteiger partial charge in [-0.25, -0.2) is 0 Å². The molecule has 3 aromatic rings. The Morgan fingerprint density at radius 2 is 1.92 bits per heavy atom. The number of nitro groups is 1. The highest BCUT2D eigenvalue weighted by Gasteiger charge is 2.15. The summed E-state index contributed by atoms with van der Waals surface area (Å²) in [6.45, 7) is 0. The van der Waals surface area contributed by atoms with E-state index >= 15 is 0 Å². The molecule has 3 rings (SSSR count). The van der Waals surface area contributed by atoms with Crippen LogP contribution in [-0.2, 0) is 0 Å². The summed E-state index contributed by atoms with van der Waals surface area (Å²) in [6.07, 6.45) is 1.31. The zero-order valence-electron chi connectivity index (χ0n) is 13.1. The lowest BCUT2D eigenvalue weighted by Gasteiger charge is -2.08. The molecule has 8 nitrogen and oxygen atoms in total. The number of carbonyl (C=O) groups is 1. The second-order valence-electron chi connectivity index (χ2n) is 5.17. The van der Waals surface area contributed by atoms with Crippen molar-refractivity contribution in [1.82, 2.24) is 4.98 Å². The van der Waals surface area contributed by atoms with Crippen LogP contribution >= 0.6 is 0 Å². The minimum Gasteiger partial charge on any atom is -0.495 e. The minimum absolute atomic E-state index is 0.0703. The maximum Gasteiger partial charge on any atom is 0.269 e. The summed E-state index contributed by atoms with van der Waals surface area (Å²) < 4.78 is 5.18. The summed E-state index contributed by atoms with van der Waals surface area (Å²) in [5.74, 6) is -0.114. The number of pyridine rings is 1. The number of amides is 1. The van der Waals surface area contributed by atoms with Crippen LogP contribution in [0.25, 0.3) is 10.9 Å². The number of nitro benzene ring substituents is 1. The number of fused-ring (bicyclic) bond motifs is 1. The standard InChI is InChI=1S/C17H13N3O5/c1-25-14-4-2-3-12-15(14)18-9-13(16(12)21)17(22)19-10-5-7-11(8-6-10)20(23)24/h2-9H,1H3,(H,18,21)(H,19,22). The van der Waals surface area contributed by atoms with Gasteiger partial charge in [0.05, 0.1) is 22.9 Å². The molecule has 0 unspecified atom stereocenters. The van der Waals surface area contributed by atoms with E-state index in [4.69, 9.17) is 4.74 Å². The van der Waals surface area contributed by atoms with E-state index in [0.29, 0.717) is 22.3 Å². The molecule has 1 heterocycles. The van der Waals surface area contributed by atoms with Crippen molar-refractivity contribution in [2.75, 3.05) is 12.4 Å². The fourth-order valence-corrected chi connectivity index (χ4v) is 2.43. The molecule has 2 aromatic carbocycles. The normalized spacial score (nSPS) is 10.4. The lowest BCUT2D eigenvalue weighted by molar-refractivity contribution is -0.384. The summed E-state index contributed by atoms with van der Waals surface area (Å²) in [5.41, 5.74) is 0.252. The summed E-state index contributed by atoms with van der Waals surface area (Å²) in [5, 5.41) is 13.5. The first kappa shape index (κ1) is 16.2. The van der Waals surface area contributed by atoms with E-state index in [1.807, 2.05) is 0 Å². The molecule has 0 radical (unpaired) electrons. The Hall–Kier alpha value is -3.68. The summed E-state index contributed by atoms with van der Waals surface area (Å²) in [4.78, 5) is 37.9. The number of aromatic nitrogens is 1. The van der Waals surface area contributed by atoms with Gasteiger partial charge >= 0.3 is 0 Å². The molecule has 0 spiro atoms. The van der Waals surface area contributed by atoms with Gasteiger partial charge in [-0.15, -0.1) is 0 Å². The SMILES string of the molecule is COc1cccc2c(=O)c(C(=O)Nc3ccc([N+](=O)[O-])cc3)c[nH]c12. The van der Waals surface area contributed by atoms with Gasteiger partial charge in [-0.2, -0.15) is 0 Å². The average molecular weight is 339 g/mol. The van der Waals surface area contributed by atoms with Crippen molar-refractivity contribution < 1.29 is 14.5 Å². The summed E-state index contributed by atoms with van der Waals surface area (Å²) >= 11 is 0. The van der Waals surface area contributed by atoms with E-state index in [-0.39, 0.29) is 11.3 Å². The fraction of sp³-hybridized carbons (Fsp3) is 0.0588. The van der Waals surface area contributed by atoms with Crippen LogP contribution in [0.1, 0.15) is 10.4 Å². The van der Waals surface area contributed by atoms with Crippen LogP contribution in [-0.4, -0.2) is 22.9 Å². The number of nitrogens with zero attached hydrogens (tertiary/aromatic N) is 1. The zero-order valence-corrected chi connectivity index (χ0v) is 13.1. The quantitative estimate of drug-likeness (QED) is 0.560. The molecule has 2 N–H and O–H groups in total. The third-order valence-electron chi connectivity index (χ3n) is 3.68. The van der Waals surface area contributed by atoms with Gasteiger partial charge in [0.2, 0.25) is 5.43 Å². The van der Waals surface area contributed by atoms with Crippen molar-refractivity contribution >= 4 is 28.2 Å². The Morgan fingerprint density at radius 3 is 2.56 bits per heavy atom. The van der Waals surface area contributed by atoms with Gasteiger partial charge in [-0.1, -0.05) is 6.07 Å². The lowest BCUT2D eigenvalue weighted by Crippen LogP contribution is -2.22. The predicted molar refractivity (Wildman–Crippen MR) is 92.2 cm³/mol. The number of methoxy groups -OCH3 is 1. The molecule has 0 aliphatic carbocycles. The predicted octanol–water partition coefficient (Wildman–Crippen LogP) is 2.70. The molecule has 1 aromatic heterocycles. The molecule has 0 aliphatic rings. The van der Waals surface area contributed by atoms with E-state index in [1.165, 1.54) is 37.6 Å². The first-order valence-corrected chi connectivity index (χ1v) is 7.25. The van der Waals surface area contributed by atoms with Crippen molar-refractivity contribution in [3.05, 3.63) is 74.6 Å². The number of nitrogens with one attached hydrogen (secondary N) is 2. The van der Waals surface area contributed by atoms with Crippen molar-refractivity contribution in [3.8, 4) is 5.75 Å². The Balaban J connectivity index is 1.93. The number of H-pyrrole nitrogens is 1. The van der Waals surface area contributed by atoms with E-state index in [9.17, 15) is 19.7 Å². The maximum atomic E-state index is 12.5. The van der Waals surface area contributed by atoms with Gasteiger partial charge < -0.3 is 15.0 Å². The Bertz CT molecular complexity index is 1020. The van der Waals surface area contributed by atoms with Gasteiger partial charge in [-0.05, 0) is 24.3 Å².